The number of rotatable bonds is 4. The highest BCUT2D eigenvalue weighted by atomic mass is 16.5. The molecule has 1 aliphatic rings. The topological polar surface area (TPSA) is 38.3 Å². The Labute approximate surface area is 154 Å². The number of amides is 1. The zero-order valence-electron chi connectivity index (χ0n) is 14.8. The van der Waals surface area contributed by atoms with Gasteiger partial charge in [0.05, 0.1) is 5.41 Å². The van der Waals surface area contributed by atoms with Gasteiger partial charge in [0.2, 0.25) is 5.91 Å². The van der Waals surface area contributed by atoms with Gasteiger partial charge in [-0.25, -0.2) is 0 Å². The van der Waals surface area contributed by atoms with Crippen LogP contribution in [0.4, 0.5) is 0 Å². The van der Waals surface area contributed by atoms with Crippen molar-refractivity contribution < 1.29 is 9.53 Å². The van der Waals surface area contributed by atoms with Crippen LogP contribution in [-0.4, -0.2) is 19.1 Å². The molecule has 3 heteroatoms. The summed E-state index contributed by atoms with van der Waals surface area (Å²) < 4.78 is 5.53. The summed E-state index contributed by atoms with van der Waals surface area (Å²) >= 11 is 0. The Morgan fingerprint density at radius 1 is 0.885 bits per heavy atom. The van der Waals surface area contributed by atoms with Gasteiger partial charge in [0, 0.05) is 19.8 Å². The van der Waals surface area contributed by atoms with E-state index in [1.54, 1.807) is 0 Å². The van der Waals surface area contributed by atoms with E-state index >= 15 is 0 Å². The molecule has 0 atom stereocenters. The molecule has 132 valence electrons. The van der Waals surface area contributed by atoms with Crippen LogP contribution in [0.3, 0.4) is 0 Å². The van der Waals surface area contributed by atoms with Crippen molar-refractivity contribution in [3.05, 3.63) is 83.9 Å². The molecule has 1 saturated heterocycles. The maximum atomic E-state index is 13.2. The van der Waals surface area contributed by atoms with E-state index in [-0.39, 0.29) is 5.91 Å². The first-order valence-corrected chi connectivity index (χ1v) is 9.17. The van der Waals surface area contributed by atoms with E-state index in [1.165, 1.54) is 10.8 Å². The number of benzene rings is 3. The van der Waals surface area contributed by atoms with E-state index < -0.39 is 5.41 Å². The molecule has 0 aromatic heterocycles. The minimum absolute atomic E-state index is 0.0974. The van der Waals surface area contributed by atoms with Crippen molar-refractivity contribution in [3.8, 4) is 0 Å². The largest absolute Gasteiger partial charge is 0.381 e. The van der Waals surface area contributed by atoms with Gasteiger partial charge in [0.25, 0.3) is 0 Å². The molecule has 1 aliphatic heterocycles. The Morgan fingerprint density at radius 2 is 1.58 bits per heavy atom. The van der Waals surface area contributed by atoms with Crippen molar-refractivity contribution in [2.45, 2.75) is 24.8 Å². The molecule has 0 radical (unpaired) electrons. The Morgan fingerprint density at radius 3 is 2.35 bits per heavy atom. The number of hydrogen-bond donors (Lipinski definition) is 1. The maximum absolute atomic E-state index is 13.2. The normalized spacial score (nSPS) is 16.3. The van der Waals surface area contributed by atoms with Gasteiger partial charge in [0.15, 0.2) is 0 Å². The highest BCUT2D eigenvalue weighted by Crippen LogP contribution is 2.35. The molecule has 1 heterocycles. The molecule has 4 rings (SSSR count). The lowest BCUT2D eigenvalue weighted by Crippen LogP contribution is -2.47. The maximum Gasteiger partial charge on any atom is 0.231 e. The van der Waals surface area contributed by atoms with Gasteiger partial charge in [-0.3, -0.25) is 4.79 Å². The molecule has 0 aliphatic carbocycles. The number of fused-ring (bicyclic) bond motifs is 1. The molecule has 0 saturated carbocycles. The molecular weight excluding hydrogens is 322 g/mol. The number of hydrogen-bond acceptors (Lipinski definition) is 2. The lowest BCUT2D eigenvalue weighted by Gasteiger charge is -2.36. The summed E-state index contributed by atoms with van der Waals surface area (Å²) in [5, 5.41) is 5.59. The molecule has 3 aromatic carbocycles. The van der Waals surface area contributed by atoms with Crippen LogP contribution in [0.15, 0.2) is 72.8 Å². The smallest absolute Gasteiger partial charge is 0.231 e. The van der Waals surface area contributed by atoms with Gasteiger partial charge in [0.1, 0.15) is 0 Å². The van der Waals surface area contributed by atoms with Gasteiger partial charge >= 0.3 is 0 Å². The van der Waals surface area contributed by atoms with Crippen LogP contribution in [0.2, 0.25) is 0 Å². The summed E-state index contributed by atoms with van der Waals surface area (Å²) in [5.74, 6) is 0.0974. The van der Waals surface area contributed by atoms with E-state index in [0.717, 1.165) is 24.0 Å². The minimum Gasteiger partial charge on any atom is -0.381 e. The van der Waals surface area contributed by atoms with Gasteiger partial charge < -0.3 is 10.1 Å². The fourth-order valence-corrected chi connectivity index (χ4v) is 3.82. The first-order chi connectivity index (χ1) is 12.8. The van der Waals surface area contributed by atoms with Crippen molar-refractivity contribution in [2.24, 2.45) is 0 Å². The van der Waals surface area contributed by atoms with Crippen LogP contribution in [-0.2, 0) is 21.5 Å². The lowest BCUT2D eigenvalue weighted by atomic mass is 9.73. The van der Waals surface area contributed by atoms with Crippen LogP contribution in [0, 0.1) is 0 Å². The van der Waals surface area contributed by atoms with Crippen molar-refractivity contribution in [3.63, 3.8) is 0 Å². The third kappa shape index (κ3) is 3.23. The van der Waals surface area contributed by atoms with Gasteiger partial charge in [-0.15, -0.1) is 0 Å². The standard InChI is InChI=1S/C23H23NO2/c25-22(23(12-14-26-15-13-23)21-8-2-1-3-9-21)24-17-18-10-11-19-6-4-5-7-20(19)16-18/h1-11,16H,12-15,17H2,(H,24,25). The highest BCUT2D eigenvalue weighted by Gasteiger charge is 2.41. The predicted octanol–water partition coefficient (Wildman–Crippen LogP) is 4.20. The number of carbonyl (C=O) groups excluding carboxylic acids is 1. The zero-order valence-corrected chi connectivity index (χ0v) is 14.8. The molecule has 0 unspecified atom stereocenters. The Kier molecular flexibility index (Phi) is 4.72. The molecular formula is C23H23NO2. The van der Waals surface area contributed by atoms with Crippen molar-refractivity contribution >= 4 is 16.7 Å². The first-order valence-electron chi connectivity index (χ1n) is 9.17. The van der Waals surface area contributed by atoms with Crippen LogP contribution >= 0.6 is 0 Å². The summed E-state index contributed by atoms with van der Waals surface area (Å²) in [5.41, 5.74) is 1.71. The van der Waals surface area contributed by atoms with E-state index in [0.29, 0.717) is 19.8 Å². The van der Waals surface area contributed by atoms with Crippen LogP contribution in [0.25, 0.3) is 10.8 Å². The second kappa shape index (κ2) is 7.30. The van der Waals surface area contributed by atoms with Gasteiger partial charge in [-0.05, 0) is 40.8 Å². The van der Waals surface area contributed by atoms with Crippen LogP contribution < -0.4 is 5.32 Å². The first kappa shape index (κ1) is 16.8. The van der Waals surface area contributed by atoms with Gasteiger partial charge in [-0.2, -0.15) is 0 Å². The fourth-order valence-electron chi connectivity index (χ4n) is 3.82. The second-order valence-electron chi connectivity index (χ2n) is 6.92. The molecule has 1 amide bonds. The van der Waals surface area contributed by atoms with Crippen molar-refractivity contribution in [1.82, 2.24) is 5.32 Å². The number of ether oxygens (including phenoxy) is 1. The van der Waals surface area contributed by atoms with Gasteiger partial charge in [-0.1, -0.05) is 66.7 Å². The fraction of sp³-hybridized carbons (Fsp3) is 0.261. The monoisotopic (exact) mass is 345 g/mol. The van der Waals surface area contributed by atoms with E-state index in [9.17, 15) is 4.79 Å². The Bertz CT molecular complexity index is 898. The molecule has 0 bridgehead atoms. The number of nitrogens with one attached hydrogen (secondary N) is 1. The van der Waals surface area contributed by atoms with Crippen molar-refractivity contribution in [2.75, 3.05) is 13.2 Å². The third-order valence-corrected chi connectivity index (χ3v) is 5.37. The highest BCUT2D eigenvalue weighted by molar-refractivity contribution is 5.88. The minimum atomic E-state index is -0.490. The molecule has 1 N–H and O–H groups in total. The molecule has 26 heavy (non-hydrogen) atoms. The summed E-state index contributed by atoms with van der Waals surface area (Å²) in [6.07, 6.45) is 1.45. The second-order valence-corrected chi connectivity index (χ2v) is 6.92. The van der Waals surface area contributed by atoms with E-state index in [1.807, 2.05) is 30.3 Å². The van der Waals surface area contributed by atoms with E-state index in [4.69, 9.17) is 4.74 Å². The zero-order chi connectivity index (χ0) is 17.8. The lowest BCUT2D eigenvalue weighted by molar-refractivity contribution is -0.130. The molecule has 0 spiro atoms. The number of carbonyl (C=O) groups is 1. The molecule has 1 fully saturated rings. The SMILES string of the molecule is O=C(NCc1ccc2ccccc2c1)C1(c2ccccc2)CCOCC1. The predicted molar refractivity (Wildman–Crippen MR) is 104 cm³/mol. The summed E-state index contributed by atoms with van der Waals surface area (Å²) in [6, 6.07) is 24.7. The van der Waals surface area contributed by atoms with E-state index in [2.05, 4.69) is 47.8 Å². The van der Waals surface area contributed by atoms with Crippen molar-refractivity contribution in [1.29, 1.82) is 0 Å². The van der Waals surface area contributed by atoms with Crippen LogP contribution in [0.5, 0.6) is 0 Å². The Balaban J connectivity index is 1.54. The molecule has 3 aromatic rings. The summed E-state index contributed by atoms with van der Waals surface area (Å²) in [6.45, 7) is 1.79. The average Bonchev–Trinajstić information content (AvgIpc) is 2.73. The summed E-state index contributed by atoms with van der Waals surface area (Å²) in [4.78, 5) is 13.2. The Hall–Kier alpha value is -2.65. The van der Waals surface area contributed by atoms with Crippen LogP contribution in [0.1, 0.15) is 24.0 Å². The quantitative estimate of drug-likeness (QED) is 0.769. The molecule has 3 nitrogen and oxygen atoms in total. The third-order valence-electron chi connectivity index (χ3n) is 5.37. The summed E-state index contributed by atoms with van der Waals surface area (Å²) in [7, 11) is 0. The average molecular weight is 345 g/mol.